The van der Waals surface area contributed by atoms with Gasteiger partial charge in [-0.2, -0.15) is 4.98 Å². The maximum atomic E-state index is 5.53. The molecule has 0 aliphatic rings. The third-order valence-corrected chi connectivity index (χ3v) is 2.18. The largest absolute Gasteiger partial charge is 0.321 e. The Labute approximate surface area is 86.7 Å². The van der Waals surface area contributed by atoms with Crippen molar-refractivity contribution in [3.8, 4) is 11.4 Å². The monoisotopic (exact) mass is 208 g/mol. The maximum absolute atomic E-state index is 5.53. The Kier molecular flexibility index (Phi) is 2.50. The van der Waals surface area contributed by atoms with E-state index in [2.05, 4.69) is 21.6 Å². The second-order valence-electron chi connectivity index (χ2n) is 2.92. The minimum atomic E-state index is 0.0690. The lowest BCUT2D eigenvalue weighted by Gasteiger charge is -1.96. The molecule has 0 fully saturated rings. The average Bonchev–Trinajstić information content (AvgIpc) is 2.65. The van der Waals surface area contributed by atoms with Crippen molar-refractivity contribution in [2.75, 3.05) is 0 Å². The Morgan fingerprint density at radius 1 is 1.29 bits per heavy atom. The number of hydrogen-bond acceptors (Lipinski definition) is 3. The standard InChI is InChI=1S/C10H9ClN2O/c1-2-7-3-5-8(6-4-7)9-12-10(11)14-13-9/h3-6H,2H2,1H3. The Balaban J connectivity index is 2.33. The lowest BCUT2D eigenvalue weighted by molar-refractivity contribution is 0.421. The quantitative estimate of drug-likeness (QED) is 0.762. The van der Waals surface area contributed by atoms with Gasteiger partial charge >= 0.3 is 5.35 Å². The van der Waals surface area contributed by atoms with Crippen LogP contribution in [-0.4, -0.2) is 10.1 Å². The lowest BCUT2D eigenvalue weighted by atomic mass is 10.1. The molecule has 0 saturated carbocycles. The lowest BCUT2D eigenvalue weighted by Crippen LogP contribution is -1.82. The average molecular weight is 209 g/mol. The Bertz CT molecular complexity index is 422. The fourth-order valence-corrected chi connectivity index (χ4v) is 1.33. The minimum Gasteiger partial charge on any atom is -0.321 e. The SMILES string of the molecule is CCc1ccc(-c2noc(Cl)n2)cc1. The molecule has 1 heterocycles. The third kappa shape index (κ3) is 1.77. The number of rotatable bonds is 2. The number of nitrogens with zero attached hydrogens (tertiary/aromatic N) is 2. The molecule has 0 bridgehead atoms. The van der Waals surface area contributed by atoms with Gasteiger partial charge in [0.1, 0.15) is 0 Å². The molecule has 0 amide bonds. The first-order valence-electron chi connectivity index (χ1n) is 4.38. The van der Waals surface area contributed by atoms with Crippen LogP contribution in [0.25, 0.3) is 11.4 Å². The summed E-state index contributed by atoms with van der Waals surface area (Å²) in [6.45, 7) is 2.11. The van der Waals surface area contributed by atoms with Gasteiger partial charge in [0.15, 0.2) is 0 Å². The van der Waals surface area contributed by atoms with Crippen LogP contribution >= 0.6 is 11.6 Å². The van der Waals surface area contributed by atoms with Crippen molar-refractivity contribution in [1.82, 2.24) is 10.1 Å². The number of benzene rings is 1. The molecular weight excluding hydrogens is 200 g/mol. The topological polar surface area (TPSA) is 38.9 Å². The van der Waals surface area contributed by atoms with Crippen LogP contribution in [0.15, 0.2) is 28.8 Å². The molecule has 2 aromatic rings. The van der Waals surface area contributed by atoms with Crippen LogP contribution in [0.5, 0.6) is 0 Å². The zero-order valence-corrected chi connectivity index (χ0v) is 8.45. The highest BCUT2D eigenvalue weighted by molar-refractivity contribution is 6.27. The number of hydrogen-bond donors (Lipinski definition) is 0. The Hall–Kier alpha value is -1.35. The number of halogens is 1. The van der Waals surface area contributed by atoms with E-state index in [1.165, 1.54) is 5.56 Å². The summed E-state index contributed by atoms with van der Waals surface area (Å²) in [4.78, 5) is 3.92. The predicted octanol–water partition coefficient (Wildman–Crippen LogP) is 2.95. The Morgan fingerprint density at radius 3 is 2.50 bits per heavy atom. The van der Waals surface area contributed by atoms with Gasteiger partial charge in [0.05, 0.1) is 0 Å². The summed E-state index contributed by atoms with van der Waals surface area (Å²) in [5.41, 5.74) is 2.20. The van der Waals surface area contributed by atoms with E-state index in [4.69, 9.17) is 11.6 Å². The van der Waals surface area contributed by atoms with Gasteiger partial charge in [0.25, 0.3) is 0 Å². The molecule has 14 heavy (non-hydrogen) atoms. The molecule has 2 rings (SSSR count). The van der Waals surface area contributed by atoms with E-state index in [-0.39, 0.29) is 5.35 Å². The van der Waals surface area contributed by atoms with Crippen molar-refractivity contribution in [1.29, 1.82) is 0 Å². The fourth-order valence-electron chi connectivity index (χ4n) is 1.21. The van der Waals surface area contributed by atoms with Crippen LogP contribution in [-0.2, 0) is 6.42 Å². The van der Waals surface area contributed by atoms with Crippen molar-refractivity contribution in [3.63, 3.8) is 0 Å². The number of aryl methyl sites for hydroxylation is 1. The smallest absolute Gasteiger partial charge is 0.320 e. The summed E-state index contributed by atoms with van der Waals surface area (Å²) in [6.07, 6.45) is 1.02. The van der Waals surface area contributed by atoms with Crippen molar-refractivity contribution < 1.29 is 4.52 Å². The first kappa shape index (κ1) is 9.21. The molecule has 0 atom stereocenters. The van der Waals surface area contributed by atoms with E-state index < -0.39 is 0 Å². The van der Waals surface area contributed by atoms with Gasteiger partial charge in [0, 0.05) is 5.56 Å². The molecule has 0 saturated heterocycles. The summed E-state index contributed by atoms with van der Waals surface area (Å²) >= 11 is 5.53. The van der Waals surface area contributed by atoms with E-state index in [1.54, 1.807) is 0 Å². The van der Waals surface area contributed by atoms with Crippen LogP contribution < -0.4 is 0 Å². The summed E-state index contributed by atoms with van der Waals surface area (Å²) in [7, 11) is 0. The van der Waals surface area contributed by atoms with E-state index >= 15 is 0 Å². The molecule has 0 radical (unpaired) electrons. The summed E-state index contributed by atoms with van der Waals surface area (Å²) < 4.78 is 4.68. The molecule has 72 valence electrons. The fraction of sp³-hybridized carbons (Fsp3) is 0.200. The van der Waals surface area contributed by atoms with Gasteiger partial charge in [-0.1, -0.05) is 36.3 Å². The third-order valence-electron chi connectivity index (χ3n) is 2.02. The molecular formula is C10H9ClN2O. The highest BCUT2D eigenvalue weighted by Gasteiger charge is 2.05. The highest BCUT2D eigenvalue weighted by atomic mass is 35.5. The van der Waals surface area contributed by atoms with Gasteiger partial charge in [-0.05, 0) is 23.6 Å². The molecule has 3 nitrogen and oxygen atoms in total. The van der Waals surface area contributed by atoms with Crippen LogP contribution in [0.3, 0.4) is 0 Å². The normalized spacial score (nSPS) is 10.4. The summed E-state index contributed by atoms with van der Waals surface area (Å²) in [5.74, 6) is 0.526. The van der Waals surface area contributed by atoms with Crippen LogP contribution in [0.2, 0.25) is 5.35 Å². The van der Waals surface area contributed by atoms with Crippen molar-refractivity contribution in [2.45, 2.75) is 13.3 Å². The van der Waals surface area contributed by atoms with Crippen LogP contribution in [0.1, 0.15) is 12.5 Å². The van der Waals surface area contributed by atoms with Crippen molar-refractivity contribution in [3.05, 3.63) is 35.2 Å². The summed E-state index contributed by atoms with van der Waals surface area (Å²) in [5, 5.41) is 3.79. The maximum Gasteiger partial charge on any atom is 0.320 e. The second-order valence-corrected chi connectivity index (χ2v) is 3.24. The predicted molar refractivity (Wildman–Crippen MR) is 54.1 cm³/mol. The highest BCUT2D eigenvalue weighted by Crippen LogP contribution is 2.18. The van der Waals surface area contributed by atoms with Gasteiger partial charge in [-0.15, -0.1) is 0 Å². The zero-order valence-electron chi connectivity index (χ0n) is 7.70. The molecule has 1 aromatic carbocycles. The molecule has 0 aliphatic heterocycles. The first-order valence-corrected chi connectivity index (χ1v) is 4.76. The van der Waals surface area contributed by atoms with Gasteiger partial charge < -0.3 is 4.52 Å². The minimum absolute atomic E-state index is 0.0690. The molecule has 1 aromatic heterocycles. The molecule has 0 aliphatic carbocycles. The molecule has 0 spiro atoms. The molecule has 0 unspecified atom stereocenters. The van der Waals surface area contributed by atoms with E-state index in [9.17, 15) is 0 Å². The van der Waals surface area contributed by atoms with Gasteiger partial charge in [0.2, 0.25) is 5.82 Å². The molecule has 4 heteroatoms. The van der Waals surface area contributed by atoms with Crippen LogP contribution in [0.4, 0.5) is 0 Å². The van der Waals surface area contributed by atoms with E-state index in [0.29, 0.717) is 5.82 Å². The first-order chi connectivity index (χ1) is 6.79. The van der Waals surface area contributed by atoms with Crippen molar-refractivity contribution >= 4 is 11.6 Å². The van der Waals surface area contributed by atoms with E-state index in [0.717, 1.165) is 12.0 Å². The molecule has 0 N–H and O–H groups in total. The van der Waals surface area contributed by atoms with E-state index in [1.807, 2.05) is 24.3 Å². The van der Waals surface area contributed by atoms with Crippen LogP contribution in [0, 0.1) is 0 Å². The number of aromatic nitrogens is 2. The zero-order chi connectivity index (χ0) is 9.97. The van der Waals surface area contributed by atoms with Gasteiger partial charge in [-0.25, -0.2) is 0 Å². The van der Waals surface area contributed by atoms with Gasteiger partial charge in [-0.3, -0.25) is 0 Å². The summed E-state index contributed by atoms with van der Waals surface area (Å²) in [6, 6.07) is 8.00. The van der Waals surface area contributed by atoms with Crippen molar-refractivity contribution in [2.24, 2.45) is 0 Å². The second kappa shape index (κ2) is 3.80. The Morgan fingerprint density at radius 2 is 2.00 bits per heavy atom.